The van der Waals surface area contributed by atoms with Gasteiger partial charge in [0.25, 0.3) is 0 Å². The first kappa shape index (κ1) is 78.5. The van der Waals surface area contributed by atoms with Crippen LogP contribution >= 0.6 is 0 Å². The molecule has 0 fully saturated rings. The molecule has 0 spiro atoms. The van der Waals surface area contributed by atoms with E-state index in [0.29, 0.717) is 17.7 Å². The van der Waals surface area contributed by atoms with Crippen molar-refractivity contribution in [1.29, 1.82) is 0 Å². The zero-order chi connectivity index (χ0) is 79.4. The van der Waals surface area contributed by atoms with Gasteiger partial charge in [-0.05, 0) is 173 Å². The molecule has 12 nitrogen and oxygen atoms in total. The number of oxazole rings is 3. The van der Waals surface area contributed by atoms with Crippen molar-refractivity contribution >= 4 is 98.7 Å². The number of fused-ring (bicyclic) bond motifs is 12. The number of benzene rings is 15. The van der Waals surface area contributed by atoms with Crippen LogP contribution in [0.4, 0.5) is 0 Å². The second kappa shape index (κ2) is 34.0. The third-order valence-electron chi connectivity index (χ3n) is 21.8. The maximum Gasteiger partial charge on any atom is 2.00 e. The van der Waals surface area contributed by atoms with Gasteiger partial charge in [-0.25, -0.2) is 0 Å². The van der Waals surface area contributed by atoms with Crippen LogP contribution in [0.1, 0.15) is 0 Å². The first-order chi connectivity index (χ1) is 59.5. The molecule has 0 aliphatic carbocycles. The summed E-state index contributed by atoms with van der Waals surface area (Å²) in [5.41, 5.74) is 28.4. The van der Waals surface area contributed by atoms with Gasteiger partial charge in [-0.3, -0.25) is 15.0 Å². The van der Waals surface area contributed by atoms with Crippen molar-refractivity contribution in [2.45, 2.75) is 0 Å². The van der Waals surface area contributed by atoms with E-state index in [4.69, 9.17) is 28.2 Å². The van der Waals surface area contributed by atoms with Crippen molar-refractivity contribution < 1.29 is 76.4 Å². The molecule has 0 amide bonds. The molecular formula is C108H63N9O3Pt3. The van der Waals surface area contributed by atoms with Gasteiger partial charge in [0.05, 0.1) is 16.6 Å². The molecule has 123 heavy (non-hydrogen) atoms. The van der Waals surface area contributed by atoms with Gasteiger partial charge in [0.2, 0.25) is 0 Å². The van der Waals surface area contributed by atoms with Crippen molar-refractivity contribution in [3.63, 3.8) is 0 Å². The van der Waals surface area contributed by atoms with Crippen LogP contribution < -0.4 is 0 Å². The van der Waals surface area contributed by atoms with Crippen LogP contribution in [-0.2, 0) is 63.2 Å². The molecule has 15 aromatic carbocycles. The van der Waals surface area contributed by atoms with E-state index in [1.54, 1.807) is 0 Å². The van der Waals surface area contributed by atoms with Crippen molar-refractivity contribution in [1.82, 2.24) is 43.6 Å². The van der Waals surface area contributed by atoms with Gasteiger partial charge in [0.1, 0.15) is 34.4 Å². The third-order valence-corrected chi connectivity index (χ3v) is 21.8. The summed E-state index contributed by atoms with van der Waals surface area (Å²) < 4.78 is 25.0. The fourth-order valence-electron chi connectivity index (χ4n) is 16.2. The molecule has 24 rings (SSSR count). The minimum Gasteiger partial charge on any atom is -0.481 e. The van der Waals surface area contributed by atoms with Crippen molar-refractivity contribution in [2.24, 2.45) is 0 Å². The quantitative estimate of drug-likeness (QED) is 0.110. The molecule has 9 aromatic heterocycles. The average molecular weight is 2120 g/mol. The zero-order valence-electron chi connectivity index (χ0n) is 65.1. The standard InChI is InChI=1S/3C36H21N3O.3Pt/c1-2-10-24(11-3-1)28-14-9-17-32-35(28)29-20-19-26(36-38-31-16-4-5-18-34(31)40-36)23-33(29)39(32)27-13-8-12-25(22-27)30-15-6-7-21-37-30;1-2-9-24(10-3-1)25-17-19-33-30(22-25)29-18-16-27(36-38-32-14-4-5-15-35(32)40-36)23-34(29)39(33)28-12-8-11-26(21-28)31-13-6-7-20-37-31;1-2-9-24(10-3-1)25-16-18-29-30-19-17-27(36-38-32-14-4-5-15-35(32)40-36)23-34(30)39(33(29)22-25)28-12-8-11-26(21-28)31-13-6-7-20-37-31;;;/h1-21H;2*1-20,22H;;;/q3*-2;3*+2. The van der Waals surface area contributed by atoms with Crippen LogP contribution in [0.5, 0.6) is 0 Å². The van der Waals surface area contributed by atoms with E-state index in [1.165, 1.54) is 33.2 Å². The molecule has 0 aliphatic heterocycles. The Labute approximate surface area is 749 Å². The van der Waals surface area contributed by atoms with Crippen LogP contribution in [0.2, 0.25) is 0 Å². The first-order valence-electron chi connectivity index (χ1n) is 39.5. The summed E-state index contributed by atoms with van der Waals surface area (Å²) in [7, 11) is 0. The monoisotopic (exact) mass is 2120 g/mol. The minimum atomic E-state index is 0. The first-order valence-corrected chi connectivity index (χ1v) is 39.5. The Kier molecular flexibility index (Phi) is 21.7. The summed E-state index contributed by atoms with van der Waals surface area (Å²) in [5.74, 6) is 1.65. The van der Waals surface area contributed by atoms with E-state index >= 15 is 0 Å². The second-order valence-corrected chi connectivity index (χ2v) is 29.1. The summed E-state index contributed by atoms with van der Waals surface area (Å²) >= 11 is 0. The summed E-state index contributed by atoms with van der Waals surface area (Å²) in [5, 5.41) is 6.77. The molecule has 588 valence electrons. The number of hydrogen-bond acceptors (Lipinski definition) is 9. The fourth-order valence-corrected chi connectivity index (χ4v) is 16.2. The normalized spacial score (nSPS) is 11.2. The van der Waals surface area contributed by atoms with E-state index in [0.717, 1.165) is 166 Å². The van der Waals surface area contributed by atoms with Gasteiger partial charge in [0.15, 0.2) is 0 Å². The van der Waals surface area contributed by atoms with Crippen LogP contribution in [0, 0.1) is 36.4 Å². The van der Waals surface area contributed by atoms with E-state index in [9.17, 15) is 0 Å². The van der Waals surface area contributed by atoms with Gasteiger partial charge < -0.3 is 41.9 Å². The molecule has 24 aromatic rings. The maximum absolute atomic E-state index is 6.12. The predicted molar refractivity (Wildman–Crippen MR) is 480 cm³/mol. The minimum absolute atomic E-state index is 0. The van der Waals surface area contributed by atoms with Crippen molar-refractivity contribution in [3.8, 4) is 119 Å². The topological polar surface area (TPSA) is 132 Å². The van der Waals surface area contributed by atoms with Gasteiger partial charge in [-0.15, -0.1) is 144 Å². The zero-order valence-corrected chi connectivity index (χ0v) is 71.9. The molecular weight excluding hydrogens is 2060 g/mol. The summed E-state index contributed by atoms with van der Waals surface area (Å²) in [6.45, 7) is 0. The fraction of sp³-hybridized carbons (Fsp3) is 0. The maximum atomic E-state index is 6.12. The smallest absolute Gasteiger partial charge is 0.481 e. The molecule has 0 aliphatic rings. The molecule has 0 unspecified atom stereocenters. The van der Waals surface area contributed by atoms with Gasteiger partial charge in [-0.1, -0.05) is 233 Å². The Balaban J connectivity index is 0.000000120. The Morgan fingerprint density at radius 3 is 1.04 bits per heavy atom. The van der Waals surface area contributed by atoms with Crippen molar-refractivity contribution in [2.75, 3.05) is 0 Å². The summed E-state index contributed by atoms with van der Waals surface area (Å²) in [6.07, 6.45) is 5.42. The Morgan fingerprint density at radius 2 is 0.593 bits per heavy atom. The number of pyridine rings is 3. The molecule has 0 atom stereocenters. The summed E-state index contributed by atoms with van der Waals surface area (Å²) in [6, 6.07) is 145. The Hall–Kier alpha value is -14.4. The Morgan fingerprint density at radius 1 is 0.228 bits per heavy atom. The molecule has 15 heteroatoms. The van der Waals surface area contributed by atoms with Crippen LogP contribution in [0.15, 0.2) is 396 Å². The number of aromatic nitrogens is 9. The van der Waals surface area contributed by atoms with E-state index in [2.05, 4.69) is 247 Å². The van der Waals surface area contributed by atoms with Gasteiger partial charge >= 0.3 is 63.2 Å². The number of para-hydroxylation sites is 6. The van der Waals surface area contributed by atoms with Crippen LogP contribution in [0.3, 0.4) is 0 Å². The SMILES string of the molecule is [Pt+2].[Pt+2].[Pt+2].[c-]1c(-c2ccccn2)cccc1-n1c2[c-]c(-c3nc4ccccc4o3)ccc2c2c(-c3ccccc3)cccc21.[c-]1c(-c2ccccn2)cccc1-n1c2[c-]c(-c3nc4ccccc4o3)ccc2c2cc(-c3ccccc3)ccc21.[c-]1c(-c2ccccn2)cccc1-n1c2[c-]c(-c3nc4ccccc4o3)ccc2c2ccc(-c3ccccc3)cc21. The van der Waals surface area contributed by atoms with E-state index in [1.807, 2.05) is 201 Å². The second-order valence-electron chi connectivity index (χ2n) is 29.1. The van der Waals surface area contributed by atoms with Crippen LogP contribution in [0.25, 0.3) is 217 Å². The molecule has 0 N–H and O–H groups in total. The largest absolute Gasteiger partial charge is 2.00 e. The van der Waals surface area contributed by atoms with Crippen molar-refractivity contribution in [3.05, 3.63) is 419 Å². The number of rotatable bonds is 12. The average Bonchev–Trinajstić information content (AvgIpc) is 1.59. The molecule has 0 radical (unpaired) electrons. The van der Waals surface area contributed by atoms with Gasteiger partial charge in [-0.2, -0.15) is 0 Å². The summed E-state index contributed by atoms with van der Waals surface area (Å²) in [4.78, 5) is 27.9. The molecule has 0 saturated carbocycles. The Bertz CT molecular complexity index is 7720. The number of nitrogens with zero attached hydrogens (tertiary/aromatic N) is 9. The van der Waals surface area contributed by atoms with Gasteiger partial charge in [0, 0.05) is 35.1 Å². The third kappa shape index (κ3) is 14.9. The predicted octanol–water partition coefficient (Wildman–Crippen LogP) is 26.8. The molecule has 9 heterocycles. The van der Waals surface area contributed by atoms with E-state index in [-0.39, 0.29) is 63.2 Å². The van der Waals surface area contributed by atoms with Crippen LogP contribution in [-0.4, -0.2) is 43.6 Å². The van der Waals surface area contributed by atoms with E-state index < -0.39 is 0 Å². The number of hydrogen-bond donors (Lipinski definition) is 0. The molecule has 0 saturated heterocycles. The molecule has 0 bridgehead atoms.